The maximum Gasteiger partial charge on any atom is 0.413 e. The molecule has 0 spiro atoms. The number of aromatic hydroxyl groups is 1. The van der Waals surface area contributed by atoms with E-state index in [1.165, 1.54) is 41.9 Å². The Kier molecular flexibility index (Phi) is 18.6. The molecule has 6 rings (SSSR count). The molecule has 374 valence electrons. The van der Waals surface area contributed by atoms with Gasteiger partial charge < -0.3 is 51.8 Å². The molecule has 0 aliphatic carbocycles. The lowest BCUT2D eigenvalue weighted by molar-refractivity contribution is -0.0632. The maximum absolute atomic E-state index is 12.8. The van der Waals surface area contributed by atoms with Crippen molar-refractivity contribution in [3.8, 4) is 11.5 Å². The molecule has 5 heterocycles. The summed E-state index contributed by atoms with van der Waals surface area (Å²) in [7, 11) is 2.30. The fourth-order valence-corrected chi connectivity index (χ4v) is 7.01. The second kappa shape index (κ2) is 23.2. The molecule has 0 radical (unpaired) electrons. The first-order valence-corrected chi connectivity index (χ1v) is 22.2. The number of hydrogen-bond acceptors (Lipinski definition) is 17. The van der Waals surface area contributed by atoms with E-state index in [1.54, 1.807) is 75.3 Å². The van der Waals surface area contributed by atoms with Gasteiger partial charge in [-0.3, -0.25) is 19.4 Å². The van der Waals surface area contributed by atoms with Crippen LogP contribution in [0.2, 0.25) is 0 Å². The molecule has 3 aromatic rings. The number of carbonyl (C=O) groups excluding carboxylic acids is 4. The summed E-state index contributed by atoms with van der Waals surface area (Å²) >= 11 is 0. The molecule has 0 saturated carbocycles. The van der Waals surface area contributed by atoms with Crippen molar-refractivity contribution in [2.45, 2.75) is 136 Å². The van der Waals surface area contributed by atoms with Crippen LogP contribution in [0.4, 0.5) is 9.59 Å². The first-order chi connectivity index (χ1) is 31.8. The fourth-order valence-electron chi connectivity index (χ4n) is 7.01. The Labute approximate surface area is 396 Å². The highest BCUT2D eigenvalue weighted by Crippen LogP contribution is 2.33. The van der Waals surface area contributed by atoms with E-state index in [-0.39, 0.29) is 48.7 Å². The summed E-state index contributed by atoms with van der Waals surface area (Å²) in [6.07, 6.45) is 5.32. The van der Waals surface area contributed by atoms with Crippen LogP contribution in [-0.2, 0) is 46.2 Å². The van der Waals surface area contributed by atoms with Gasteiger partial charge in [0, 0.05) is 31.8 Å². The summed E-state index contributed by atoms with van der Waals surface area (Å²) in [6, 6.07) is 10.7. The number of nitrogens with zero attached hydrogens (tertiary/aromatic N) is 2. The third-order valence-corrected chi connectivity index (χ3v) is 10.2. The average molecular weight is 955 g/mol. The number of aryl methyl sites for hydroxylation is 1. The zero-order valence-corrected chi connectivity index (χ0v) is 41.1. The molecule has 1 aromatic carbocycles. The van der Waals surface area contributed by atoms with Crippen molar-refractivity contribution in [2.24, 2.45) is 0 Å². The molecule has 68 heavy (non-hydrogen) atoms. The molecule has 19 heteroatoms. The molecule has 2 unspecified atom stereocenters. The second-order valence-electron chi connectivity index (χ2n) is 18.8. The van der Waals surface area contributed by atoms with Gasteiger partial charge in [-0.25, -0.2) is 19.2 Å². The smallest absolute Gasteiger partial charge is 0.413 e. The standard InChI is InChI=1S/C26H31NO8.C19H27NO8.C4H8O/c1-25(2,3)35-24(30)27-18(16-33-26(27,4)5)12-13-19-14-20(28)21(22(34-19)23(29)31-6)32-15-17-10-8-7-9-11-17;1-18(2,3)28-17(24)20-11(10-26-19(20,4)5)7-8-12-9-13(21)14(22)15(27-12)16(23)25-6;1-2-4-5-3-1/h7-14,18H,15-16H2,1-6H3;9,11,22H,7-8,10H2,1-6H3;1-4H2/b13-12+;;. The van der Waals surface area contributed by atoms with Gasteiger partial charge in [-0.15, -0.1) is 0 Å². The van der Waals surface area contributed by atoms with E-state index < -0.39 is 75.2 Å². The number of methoxy groups -OCH3 is 2. The Bertz CT molecular complexity index is 2340. The summed E-state index contributed by atoms with van der Waals surface area (Å²) < 4.78 is 53.3. The minimum absolute atomic E-state index is 0.0735. The number of carbonyl (C=O) groups is 4. The highest BCUT2D eigenvalue weighted by molar-refractivity contribution is 5.89. The van der Waals surface area contributed by atoms with Gasteiger partial charge in [-0.05, 0) is 100 Å². The molecule has 3 saturated heterocycles. The molecule has 2 amide bonds. The van der Waals surface area contributed by atoms with E-state index in [9.17, 15) is 33.9 Å². The highest BCUT2D eigenvalue weighted by Gasteiger charge is 2.46. The number of amides is 2. The van der Waals surface area contributed by atoms with Crippen LogP contribution in [-0.4, -0.2) is 114 Å². The van der Waals surface area contributed by atoms with Crippen molar-refractivity contribution >= 4 is 30.2 Å². The van der Waals surface area contributed by atoms with Crippen LogP contribution in [0.25, 0.3) is 6.08 Å². The number of rotatable bonds is 10. The van der Waals surface area contributed by atoms with Crippen LogP contribution in [0.3, 0.4) is 0 Å². The highest BCUT2D eigenvalue weighted by atomic mass is 16.6. The van der Waals surface area contributed by atoms with Crippen molar-refractivity contribution in [1.29, 1.82) is 0 Å². The summed E-state index contributed by atoms with van der Waals surface area (Å²) in [5, 5.41) is 9.70. The van der Waals surface area contributed by atoms with Gasteiger partial charge in [0.15, 0.2) is 0 Å². The normalized spacial score (nSPS) is 18.5. The van der Waals surface area contributed by atoms with E-state index in [0.29, 0.717) is 13.0 Å². The number of benzene rings is 1. The van der Waals surface area contributed by atoms with Gasteiger partial charge in [0.2, 0.25) is 22.4 Å². The van der Waals surface area contributed by atoms with Crippen molar-refractivity contribution in [2.75, 3.05) is 40.6 Å². The van der Waals surface area contributed by atoms with Crippen molar-refractivity contribution in [1.82, 2.24) is 9.80 Å². The summed E-state index contributed by atoms with van der Waals surface area (Å²) in [5.41, 5.74) is -3.54. The van der Waals surface area contributed by atoms with Crippen molar-refractivity contribution in [3.63, 3.8) is 0 Å². The number of hydrogen-bond donors (Lipinski definition) is 1. The Morgan fingerprint density at radius 2 is 1.32 bits per heavy atom. The van der Waals surface area contributed by atoms with Gasteiger partial charge in [0.1, 0.15) is 40.8 Å². The van der Waals surface area contributed by atoms with Gasteiger partial charge >= 0.3 is 24.1 Å². The van der Waals surface area contributed by atoms with Crippen LogP contribution < -0.4 is 15.6 Å². The van der Waals surface area contributed by atoms with E-state index >= 15 is 0 Å². The third kappa shape index (κ3) is 15.4. The Balaban J connectivity index is 0.000000273. The quantitative estimate of drug-likeness (QED) is 0.152. The third-order valence-electron chi connectivity index (χ3n) is 10.2. The van der Waals surface area contributed by atoms with Gasteiger partial charge in [-0.1, -0.05) is 36.4 Å². The van der Waals surface area contributed by atoms with Crippen LogP contribution >= 0.6 is 0 Å². The predicted octanol–water partition coefficient (Wildman–Crippen LogP) is 7.62. The second-order valence-corrected chi connectivity index (χ2v) is 18.8. The molecular weight excluding hydrogens is 889 g/mol. The van der Waals surface area contributed by atoms with Gasteiger partial charge in [0.25, 0.3) is 11.5 Å². The Hall–Kier alpha value is -6.18. The topological polar surface area (TPSA) is 229 Å². The lowest BCUT2D eigenvalue weighted by Gasteiger charge is -2.35. The van der Waals surface area contributed by atoms with Crippen LogP contribution in [0.5, 0.6) is 11.5 Å². The Morgan fingerprint density at radius 3 is 1.88 bits per heavy atom. The number of ether oxygens (including phenoxy) is 8. The SMILES string of the molecule is C1CCOC1.COC(=O)c1oc(/C=C/C2COC(C)(C)N2C(=O)OC(C)(C)C)cc(=O)c1OCc1ccccc1.COC(=O)c1oc(CCC2COC(C)(C)N2C(=O)OC(C)(C)C)cc(=O)c1O. The zero-order chi connectivity index (χ0) is 50.6. The van der Waals surface area contributed by atoms with Gasteiger partial charge in [0.05, 0.1) is 39.5 Å². The van der Waals surface area contributed by atoms with E-state index in [2.05, 4.69) is 4.74 Å². The molecule has 2 atom stereocenters. The van der Waals surface area contributed by atoms with Crippen molar-refractivity contribution < 1.29 is 71.0 Å². The first kappa shape index (κ1) is 54.4. The molecule has 1 N–H and O–H groups in total. The van der Waals surface area contributed by atoms with E-state index in [4.69, 9.17) is 42.0 Å². The van der Waals surface area contributed by atoms with Gasteiger partial charge in [-0.2, -0.15) is 0 Å². The minimum atomic E-state index is -0.947. The Morgan fingerprint density at radius 1 is 0.765 bits per heavy atom. The minimum Gasteiger partial charge on any atom is -0.501 e. The first-order valence-electron chi connectivity index (χ1n) is 22.2. The molecule has 3 fully saturated rings. The number of esters is 2. The lowest BCUT2D eigenvalue weighted by Crippen LogP contribution is -2.49. The van der Waals surface area contributed by atoms with Crippen LogP contribution in [0.1, 0.15) is 127 Å². The molecular formula is C49H66N2O17. The largest absolute Gasteiger partial charge is 0.501 e. The molecule has 3 aliphatic rings. The van der Waals surface area contributed by atoms with E-state index in [1.807, 2.05) is 30.3 Å². The monoisotopic (exact) mass is 954 g/mol. The molecule has 19 nitrogen and oxygen atoms in total. The van der Waals surface area contributed by atoms with Crippen molar-refractivity contribution in [3.05, 3.63) is 97.6 Å². The summed E-state index contributed by atoms with van der Waals surface area (Å²) in [4.78, 5) is 77.1. The summed E-state index contributed by atoms with van der Waals surface area (Å²) in [6.45, 7) is 20.3. The zero-order valence-electron chi connectivity index (χ0n) is 41.1. The van der Waals surface area contributed by atoms with Crippen LogP contribution in [0.15, 0.2) is 67.0 Å². The summed E-state index contributed by atoms with van der Waals surface area (Å²) in [5.74, 6) is -3.43. The van der Waals surface area contributed by atoms with E-state index in [0.717, 1.165) is 32.0 Å². The lowest BCUT2D eigenvalue weighted by atomic mass is 10.1. The molecule has 0 bridgehead atoms. The fraction of sp³-hybridized carbons (Fsp3) is 0.551. The predicted molar refractivity (Wildman–Crippen MR) is 246 cm³/mol. The maximum atomic E-state index is 12.8. The van der Waals surface area contributed by atoms with Crippen LogP contribution in [0, 0.1) is 0 Å². The molecule has 2 aromatic heterocycles. The average Bonchev–Trinajstić information content (AvgIpc) is 4.01. The molecule has 3 aliphatic heterocycles.